The molecule has 0 radical (unpaired) electrons. The van der Waals surface area contributed by atoms with E-state index in [2.05, 4.69) is 42.7 Å². The van der Waals surface area contributed by atoms with Crippen LogP contribution in [0.1, 0.15) is 34.1 Å². The number of rotatable bonds is 6. The number of sulfonamides is 1. The van der Waals surface area contributed by atoms with E-state index in [0.29, 0.717) is 30.0 Å². The number of hydrogen-bond donors (Lipinski definition) is 2. The van der Waals surface area contributed by atoms with Gasteiger partial charge in [0.1, 0.15) is 10.7 Å². The Bertz CT molecular complexity index is 948. The summed E-state index contributed by atoms with van der Waals surface area (Å²) in [5, 5.41) is 5.19. The Morgan fingerprint density at radius 1 is 1.36 bits per heavy atom. The molecule has 0 spiro atoms. The summed E-state index contributed by atoms with van der Waals surface area (Å²) in [6.07, 6.45) is 2.60. The first-order valence-electron chi connectivity index (χ1n) is 9.16. The predicted octanol–water partition coefficient (Wildman–Crippen LogP) is 5.47. The standard InChI is InChI=1S/C19H25ClFN3O2S2/c1-11-9-19(3,4)13(12(11)2)10-23-16-8-15(21)17(7-14(16)20)28(25,26)24-18-22-5-6-27-18/h5-8,11-13,23H,9-10H2,1-4H3,(H,22,24). The highest BCUT2D eigenvalue weighted by atomic mass is 35.5. The Kier molecular flexibility index (Phi) is 5.94. The third-order valence-corrected chi connectivity index (χ3v) is 8.35. The molecule has 1 aromatic carbocycles. The van der Waals surface area contributed by atoms with Gasteiger partial charge in [-0.05, 0) is 41.7 Å². The molecule has 28 heavy (non-hydrogen) atoms. The first-order valence-corrected chi connectivity index (χ1v) is 11.9. The van der Waals surface area contributed by atoms with E-state index in [9.17, 15) is 12.8 Å². The fourth-order valence-corrected chi connectivity index (χ4v) is 6.44. The predicted molar refractivity (Wildman–Crippen MR) is 113 cm³/mol. The Balaban J connectivity index is 1.79. The lowest BCUT2D eigenvalue weighted by Crippen LogP contribution is -2.28. The topological polar surface area (TPSA) is 71.1 Å². The van der Waals surface area contributed by atoms with Crippen LogP contribution in [0.15, 0.2) is 28.6 Å². The van der Waals surface area contributed by atoms with Crippen LogP contribution < -0.4 is 10.0 Å². The van der Waals surface area contributed by atoms with Gasteiger partial charge in [0.25, 0.3) is 10.0 Å². The van der Waals surface area contributed by atoms with Crippen LogP contribution in [0.25, 0.3) is 0 Å². The molecule has 5 nitrogen and oxygen atoms in total. The van der Waals surface area contributed by atoms with Gasteiger partial charge in [-0.25, -0.2) is 17.8 Å². The highest BCUT2D eigenvalue weighted by molar-refractivity contribution is 7.93. The molecular formula is C19H25ClFN3O2S2. The van der Waals surface area contributed by atoms with Crippen LogP contribution in [0.3, 0.4) is 0 Å². The minimum Gasteiger partial charge on any atom is -0.383 e. The molecule has 2 aromatic rings. The Labute approximate surface area is 174 Å². The number of halogens is 2. The van der Waals surface area contributed by atoms with Gasteiger partial charge in [-0.1, -0.05) is 39.3 Å². The van der Waals surface area contributed by atoms with E-state index < -0.39 is 20.7 Å². The summed E-state index contributed by atoms with van der Waals surface area (Å²) in [5.41, 5.74) is 0.576. The Morgan fingerprint density at radius 3 is 2.64 bits per heavy atom. The van der Waals surface area contributed by atoms with Crippen LogP contribution in [0.2, 0.25) is 5.02 Å². The minimum absolute atomic E-state index is 0.164. The van der Waals surface area contributed by atoms with Crippen molar-refractivity contribution >= 4 is 43.8 Å². The van der Waals surface area contributed by atoms with Crippen molar-refractivity contribution < 1.29 is 12.8 Å². The second kappa shape index (κ2) is 7.80. The summed E-state index contributed by atoms with van der Waals surface area (Å²) in [7, 11) is -4.11. The van der Waals surface area contributed by atoms with E-state index in [1.54, 1.807) is 5.38 Å². The van der Waals surface area contributed by atoms with Crippen molar-refractivity contribution in [2.24, 2.45) is 23.2 Å². The normalized spacial score (nSPS) is 24.3. The molecule has 0 saturated heterocycles. The van der Waals surface area contributed by atoms with Crippen molar-refractivity contribution in [3.63, 3.8) is 0 Å². The molecule has 1 saturated carbocycles. The van der Waals surface area contributed by atoms with Crippen molar-refractivity contribution in [2.45, 2.75) is 39.0 Å². The van der Waals surface area contributed by atoms with Crippen molar-refractivity contribution in [2.75, 3.05) is 16.6 Å². The average molecular weight is 446 g/mol. The van der Waals surface area contributed by atoms with Gasteiger partial charge in [-0.2, -0.15) is 0 Å². The maximum Gasteiger partial charge on any atom is 0.266 e. The summed E-state index contributed by atoms with van der Waals surface area (Å²) >= 11 is 7.39. The second-order valence-electron chi connectivity index (χ2n) is 8.22. The first-order chi connectivity index (χ1) is 13.0. The van der Waals surface area contributed by atoms with Crippen molar-refractivity contribution in [3.05, 3.63) is 34.5 Å². The Hall–Kier alpha value is -1.38. The first kappa shape index (κ1) is 21.3. The van der Waals surface area contributed by atoms with Gasteiger partial charge in [0.2, 0.25) is 0 Å². The molecule has 0 aliphatic heterocycles. The monoisotopic (exact) mass is 445 g/mol. The van der Waals surface area contributed by atoms with Crippen molar-refractivity contribution in [3.8, 4) is 0 Å². The third kappa shape index (κ3) is 4.28. The van der Waals surface area contributed by atoms with Crippen LogP contribution in [-0.4, -0.2) is 19.9 Å². The van der Waals surface area contributed by atoms with Gasteiger partial charge >= 0.3 is 0 Å². The van der Waals surface area contributed by atoms with Crippen molar-refractivity contribution in [1.82, 2.24) is 4.98 Å². The molecule has 1 fully saturated rings. The lowest BCUT2D eigenvalue weighted by atomic mass is 9.79. The second-order valence-corrected chi connectivity index (χ2v) is 11.2. The van der Waals surface area contributed by atoms with Crippen LogP contribution in [0.4, 0.5) is 15.2 Å². The van der Waals surface area contributed by atoms with E-state index >= 15 is 0 Å². The minimum atomic E-state index is -4.11. The summed E-state index contributed by atoms with van der Waals surface area (Å²) in [6.45, 7) is 9.66. The molecule has 1 heterocycles. The Morgan fingerprint density at radius 2 is 2.07 bits per heavy atom. The summed E-state index contributed by atoms with van der Waals surface area (Å²) in [5.74, 6) is 0.714. The molecule has 3 atom stereocenters. The lowest BCUT2D eigenvalue weighted by molar-refractivity contribution is 0.238. The molecule has 0 bridgehead atoms. The fourth-order valence-electron chi connectivity index (χ4n) is 4.27. The molecule has 1 aliphatic carbocycles. The van der Waals surface area contributed by atoms with Crippen LogP contribution in [0.5, 0.6) is 0 Å². The lowest BCUT2D eigenvalue weighted by Gasteiger charge is -2.30. The third-order valence-electron chi connectivity index (χ3n) is 5.86. The van der Waals surface area contributed by atoms with Gasteiger partial charge in [-0.3, -0.25) is 4.72 Å². The number of aromatic nitrogens is 1. The van der Waals surface area contributed by atoms with Crippen LogP contribution in [-0.2, 0) is 10.0 Å². The number of nitrogens with zero attached hydrogens (tertiary/aromatic N) is 1. The van der Waals surface area contributed by atoms with Crippen LogP contribution in [0, 0.1) is 29.0 Å². The van der Waals surface area contributed by atoms with Gasteiger partial charge in [0, 0.05) is 18.1 Å². The highest BCUT2D eigenvalue weighted by Crippen LogP contribution is 2.49. The summed E-state index contributed by atoms with van der Waals surface area (Å²) < 4.78 is 41.8. The number of thiazole rings is 1. The SMILES string of the molecule is CC1CC(C)(C)C(CNc2cc(F)c(S(=O)(=O)Nc3nccs3)cc2Cl)C1C. The molecule has 1 aliphatic rings. The molecule has 1 aromatic heterocycles. The molecule has 3 unspecified atom stereocenters. The van der Waals surface area contributed by atoms with Crippen LogP contribution >= 0.6 is 22.9 Å². The maximum atomic E-state index is 14.6. The zero-order valence-corrected chi connectivity index (χ0v) is 18.7. The summed E-state index contributed by atoms with van der Waals surface area (Å²) in [6, 6.07) is 2.29. The van der Waals surface area contributed by atoms with E-state index in [0.717, 1.165) is 29.9 Å². The van der Waals surface area contributed by atoms with E-state index in [-0.39, 0.29) is 15.6 Å². The van der Waals surface area contributed by atoms with Gasteiger partial charge < -0.3 is 5.32 Å². The largest absolute Gasteiger partial charge is 0.383 e. The molecular weight excluding hydrogens is 421 g/mol. The van der Waals surface area contributed by atoms with E-state index in [1.807, 2.05) is 0 Å². The number of benzene rings is 1. The zero-order chi connectivity index (χ0) is 20.7. The molecule has 154 valence electrons. The molecule has 3 rings (SSSR count). The van der Waals surface area contributed by atoms with Crippen molar-refractivity contribution in [1.29, 1.82) is 0 Å². The van der Waals surface area contributed by atoms with E-state index in [4.69, 9.17) is 11.6 Å². The molecule has 9 heteroatoms. The summed E-state index contributed by atoms with van der Waals surface area (Å²) in [4.78, 5) is 3.36. The average Bonchev–Trinajstić information content (AvgIpc) is 3.14. The number of anilines is 2. The highest BCUT2D eigenvalue weighted by Gasteiger charge is 2.43. The number of hydrogen-bond acceptors (Lipinski definition) is 5. The molecule has 0 amide bonds. The zero-order valence-electron chi connectivity index (χ0n) is 16.3. The molecule has 2 N–H and O–H groups in total. The van der Waals surface area contributed by atoms with Gasteiger partial charge in [0.15, 0.2) is 5.13 Å². The van der Waals surface area contributed by atoms with Gasteiger partial charge in [0.05, 0.1) is 10.7 Å². The fraction of sp³-hybridized carbons (Fsp3) is 0.526. The maximum absolute atomic E-state index is 14.6. The van der Waals surface area contributed by atoms with E-state index in [1.165, 1.54) is 6.20 Å². The number of nitrogens with one attached hydrogen (secondary N) is 2. The van der Waals surface area contributed by atoms with Gasteiger partial charge in [-0.15, -0.1) is 11.3 Å². The quantitative estimate of drug-likeness (QED) is 0.618. The smallest absolute Gasteiger partial charge is 0.266 e.